The molecule has 212 valence electrons. The Kier molecular flexibility index (Phi) is 14.8. The largest absolute Gasteiger partial charge is 0.508 e. The summed E-state index contributed by atoms with van der Waals surface area (Å²) in [5.41, 5.74) is 12.2. The van der Waals surface area contributed by atoms with Gasteiger partial charge in [0.05, 0.1) is 12.5 Å². The van der Waals surface area contributed by atoms with E-state index < -0.39 is 60.2 Å². The Morgan fingerprint density at radius 2 is 1.45 bits per heavy atom. The molecule has 0 saturated carbocycles. The second-order valence-electron chi connectivity index (χ2n) is 8.66. The van der Waals surface area contributed by atoms with E-state index in [4.69, 9.17) is 11.5 Å². The molecule has 0 saturated heterocycles. The highest BCUT2D eigenvalue weighted by Gasteiger charge is 2.31. The van der Waals surface area contributed by atoms with Crippen molar-refractivity contribution < 1.29 is 39.3 Å². The van der Waals surface area contributed by atoms with E-state index in [2.05, 4.69) is 16.0 Å². The number of carboxylic acid groups (broad SMARTS) is 2. The number of carbonyl (C=O) groups excluding carboxylic acids is 3. The molecular weight excluding hydrogens is 518 g/mol. The number of benzene rings is 1. The Balaban J connectivity index is 2.97. The Morgan fingerprint density at radius 3 is 2.00 bits per heavy atom. The molecule has 10 N–H and O–H groups in total. The van der Waals surface area contributed by atoms with Gasteiger partial charge in [0.1, 0.15) is 23.9 Å². The summed E-state index contributed by atoms with van der Waals surface area (Å²) in [4.78, 5) is 61.4. The molecule has 1 rings (SSSR count). The molecule has 0 aliphatic carbocycles. The molecule has 1 aromatic carbocycles. The highest BCUT2D eigenvalue weighted by Crippen LogP contribution is 2.11. The predicted octanol–water partition coefficient (Wildman–Crippen LogP) is -0.842. The number of aliphatic carboxylic acids is 2. The van der Waals surface area contributed by atoms with E-state index in [1.807, 2.05) is 0 Å². The normalized spacial score (nSPS) is 14.0. The minimum atomic E-state index is -1.57. The van der Waals surface area contributed by atoms with Crippen LogP contribution in [0.15, 0.2) is 24.3 Å². The summed E-state index contributed by atoms with van der Waals surface area (Å²) in [7, 11) is 0. The summed E-state index contributed by atoms with van der Waals surface area (Å²) in [6.45, 7) is 0.347. The van der Waals surface area contributed by atoms with Gasteiger partial charge >= 0.3 is 11.9 Å². The van der Waals surface area contributed by atoms with Gasteiger partial charge in [-0.3, -0.25) is 19.2 Å². The van der Waals surface area contributed by atoms with E-state index >= 15 is 0 Å². The minimum Gasteiger partial charge on any atom is -0.508 e. The third kappa shape index (κ3) is 12.3. The average molecular weight is 556 g/mol. The summed E-state index contributed by atoms with van der Waals surface area (Å²) in [5.74, 6) is -4.61. The van der Waals surface area contributed by atoms with Gasteiger partial charge in [0.2, 0.25) is 17.7 Å². The fraction of sp³-hybridized carbons (Fsp3) is 0.542. The molecule has 0 heterocycles. The van der Waals surface area contributed by atoms with Crippen molar-refractivity contribution in [2.75, 3.05) is 18.6 Å². The van der Waals surface area contributed by atoms with Crippen molar-refractivity contribution in [1.82, 2.24) is 16.0 Å². The lowest BCUT2D eigenvalue weighted by molar-refractivity contribution is -0.143. The molecule has 0 aromatic heterocycles. The third-order valence-corrected chi connectivity index (χ3v) is 6.19. The van der Waals surface area contributed by atoms with E-state index in [0.717, 1.165) is 0 Å². The summed E-state index contributed by atoms with van der Waals surface area (Å²) in [6.07, 6.45) is 2.35. The number of thioether (sulfide) groups is 1. The van der Waals surface area contributed by atoms with E-state index in [1.165, 1.54) is 23.9 Å². The topological polar surface area (TPSA) is 234 Å². The number of unbranched alkanes of at least 4 members (excludes halogenated alkanes) is 1. The van der Waals surface area contributed by atoms with Crippen molar-refractivity contribution in [3.05, 3.63) is 29.8 Å². The number of hydrogen-bond acceptors (Lipinski definition) is 9. The molecule has 4 unspecified atom stereocenters. The zero-order valence-corrected chi connectivity index (χ0v) is 22.0. The van der Waals surface area contributed by atoms with Crippen molar-refractivity contribution in [2.45, 2.75) is 62.7 Å². The van der Waals surface area contributed by atoms with Crippen LogP contribution in [0.3, 0.4) is 0 Å². The summed E-state index contributed by atoms with van der Waals surface area (Å²) in [6, 6.07) is 1.10. The van der Waals surface area contributed by atoms with Crippen LogP contribution < -0.4 is 27.4 Å². The average Bonchev–Trinajstić information content (AvgIpc) is 2.86. The van der Waals surface area contributed by atoms with Crippen molar-refractivity contribution in [3.8, 4) is 5.75 Å². The number of nitrogens with one attached hydrogen (secondary N) is 3. The zero-order valence-electron chi connectivity index (χ0n) is 21.2. The van der Waals surface area contributed by atoms with Gasteiger partial charge in [-0.25, -0.2) is 4.79 Å². The number of hydrogen-bond donors (Lipinski definition) is 8. The molecule has 0 aliphatic heterocycles. The Labute approximate surface area is 225 Å². The van der Waals surface area contributed by atoms with E-state index in [9.17, 15) is 39.3 Å². The predicted molar refractivity (Wildman–Crippen MR) is 141 cm³/mol. The number of phenols is 1. The van der Waals surface area contributed by atoms with Crippen LogP contribution in [-0.4, -0.2) is 87.7 Å². The molecule has 38 heavy (non-hydrogen) atoms. The van der Waals surface area contributed by atoms with Crippen LogP contribution in [0.4, 0.5) is 0 Å². The Morgan fingerprint density at radius 1 is 0.868 bits per heavy atom. The molecule has 14 heteroatoms. The van der Waals surface area contributed by atoms with Gasteiger partial charge in [0.15, 0.2) is 0 Å². The minimum absolute atomic E-state index is 0.0577. The van der Waals surface area contributed by atoms with Crippen LogP contribution in [0, 0.1) is 0 Å². The van der Waals surface area contributed by atoms with Crippen LogP contribution in [-0.2, 0) is 30.4 Å². The Hall–Kier alpha value is -3.36. The van der Waals surface area contributed by atoms with E-state index in [0.29, 0.717) is 30.7 Å². The Bertz CT molecular complexity index is 946. The van der Waals surface area contributed by atoms with Crippen molar-refractivity contribution in [2.24, 2.45) is 11.5 Å². The maximum atomic E-state index is 13.1. The van der Waals surface area contributed by atoms with Crippen LogP contribution in [0.1, 0.15) is 37.7 Å². The lowest BCUT2D eigenvalue weighted by Gasteiger charge is -2.24. The quantitative estimate of drug-likeness (QED) is 0.104. The molecule has 0 radical (unpaired) electrons. The number of carbonyl (C=O) groups is 5. The molecular formula is C24H37N5O8S. The first-order valence-corrected chi connectivity index (χ1v) is 13.5. The van der Waals surface area contributed by atoms with Crippen LogP contribution >= 0.6 is 11.8 Å². The molecule has 0 spiro atoms. The number of aromatic hydroxyl groups is 1. The van der Waals surface area contributed by atoms with E-state index in [-0.39, 0.29) is 25.0 Å². The second-order valence-corrected chi connectivity index (χ2v) is 9.65. The SMILES string of the molecule is CSCCC(NC(=O)C(CC(=O)O)NC(=O)C(CCCCN)NC(=O)C(N)Cc1ccc(O)cc1)C(=O)O. The fourth-order valence-electron chi connectivity index (χ4n) is 3.44. The molecule has 4 atom stereocenters. The molecule has 0 bridgehead atoms. The number of nitrogens with two attached hydrogens (primary N) is 2. The third-order valence-electron chi connectivity index (χ3n) is 5.55. The van der Waals surface area contributed by atoms with Gasteiger partial charge in [0, 0.05) is 0 Å². The van der Waals surface area contributed by atoms with Gasteiger partial charge < -0.3 is 42.7 Å². The summed E-state index contributed by atoms with van der Waals surface area (Å²) < 4.78 is 0. The maximum absolute atomic E-state index is 13.1. The monoisotopic (exact) mass is 555 g/mol. The first kappa shape index (κ1) is 32.7. The molecule has 13 nitrogen and oxygen atoms in total. The lowest BCUT2D eigenvalue weighted by Crippen LogP contribution is -2.57. The number of amides is 3. The fourth-order valence-corrected chi connectivity index (χ4v) is 3.91. The van der Waals surface area contributed by atoms with Gasteiger partial charge in [-0.05, 0) is 68.4 Å². The molecule has 0 fully saturated rings. The molecule has 0 aliphatic rings. The number of phenolic OH excluding ortho intramolecular Hbond substituents is 1. The summed E-state index contributed by atoms with van der Waals surface area (Å²) in [5, 5.41) is 35.2. The first-order chi connectivity index (χ1) is 18.0. The van der Waals surface area contributed by atoms with Crippen molar-refractivity contribution in [3.63, 3.8) is 0 Å². The maximum Gasteiger partial charge on any atom is 0.326 e. The number of carboxylic acids is 2. The smallest absolute Gasteiger partial charge is 0.326 e. The van der Waals surface area contributed by atoms with Crippen molar-refractivity contribution in [1.29, 1.82) is 0 Å². The van der Waals surface area contributed by atoms with Gasteiger partial charge in [-0.1, -0.05) is 12.1 Å². The van der Waals surface area contributed by atoms with Crippen LogP contribution in [0.2, 0.25) is 0 Å². The van der Waals surface area contributed by atoms with E-state index in [1.54, 1.807) is 18.4 Å². The zero-order chi connectivity index (χ0) is 28.7. The highest BCUT2D eigenvalue weighted by molar-refractivity contribution is 7.98. The van der Waals surface area contributed by atoms with Crippen molar-refractivity contribution >= 4 is 41.4 Å². The van der Waals surface area contributed by atoms with Gasteiger partial charge in [-0.2, -0.15) is 11.8 Å². The molecule has 3 amide bonds. The number of rotatable bonds is 18. The standard InChI is InChI=1S/C24H37N5O8S/c1-38-11-9-18(24(36)37)28-23(35)19(13-20(31)32)29-22(34)17(4-2-3-10-25)27-21(33)16(26)12-14-5-7-15(30)8-6-14/h5-8,16-19,30H,2-4,9-13,25-26H2,1H3,(H,27,33)(H,28,35)(H,29,34)(H,31,32)(H,36,37). The first-order valence-electron chi connectivity index (χ1n) is 12.1. The summed E-state index contributed by atoms with van der Waals surface area (Å²) >= 11 is 1.38. The lowest BCUT2D eigenvalue weighted by atomic mass is 10.0. The highest BCUT2D eigenvalue weighted by atomic mass is 32.2. The second kappa shape index (κ2) is 17.2. The van der Waals surface area contributed by atoms with Gasteiger partial charge in [0.25, 0.3) is 0 Å². The van der Waals surface area contributed by atoms with Crippen LogP contribution in [0.25, 0.3) is 0 Å². The molecule has 1 aromatic rings. The van der Waals surface area contributed by atoms with Crippen LogP contribution in [0.5, 0.6) is 5.75 Å². The van der Waals surface area contributed by atoms with Gasteiger partial charge in [-0.15, -0.1) is 0 Å².